The highest BCUT2D eigenvalue weighted by Gasteiger charge is 2.12. The van der Waals surface area contributed by atoms with E-state index in [1.165, 1.54) is 22.5 Å². The monoisotopic (exact) mass is 393 g/mol. The molecule has 0 aliphatic heterocycles. The minimum absolute atomic E-state index is 0.107. The number of thiazole rings is 1. The summed E-state index contributed by atoms with van der Waals surface area (Å²) in [5.74, 6) is -0.580. The van der Waals surface area contributed by atoms with Crippen molar-refractivity contribution in [2.45, 2.75) is 27.7 Å². The average molecular weight is 394 g/mol. The van der Waals surface area contributed by atoms with Gasteiger partial charge in [0.05, 0.1) is 12.2 Å². The molecule has 0 unspecified atom stereocenters. The molecular weight excluding hydrogens is 370 g/mol. The molecule has 2 N–H and O–H groups in total. The predicted octanol–water partition coefficient (Wildman–Crippen LogP) is 4.41. The summed E-state index contributed by atoms with van der Waals surface area (Å²) in [6, 6.07) is 11.5. The normalized spacial score (nSPS) is 10.6. The van der Waals surface area contributed by atoms with E-state index >= 15 is 0 Å². The molecule has 0 spiro atoms. The van der Waals surface area contributed by atoms with Crippen LogP contribution < -0.4 is 10.6 Å². The van der Waals surface area contributed by atoms with Crippen LogP contribution in [-0.4, -0.2) is 23.3 Å². The van der Waals surface area contributed by atoms with Gasteiger partial charge in [0.2, 0.25) is 5.91 Å². The molecule has 0 aliphatic carbocycles. The van der Waals surface area contributed by atoms with Crippen molar-refractivity contribution in [1.82, 2.24) is 10.3 Å². The Labute approximate surface area is 168 Å². The first-order valence-corrected chi connectivity index (χ1v) is 9.90. The number of carbonyl (C=O) groups is 2. The highest BCUT2D eigenvalue weighted by Crippen LogP contribution is 2.29. The van der Waals surface area contributed by atoms with Crippen LogP contribution in [0.2, 0.25) is 0 Å². The second kappa shape index (κ2) is 8.35. The van der Waals surface area contributed by atoms with E-state index in [-0.39, 0.29) is 18.4 Å². The summed E-state index contributed by atoms with van der Waals surface area (Å²) in [6.45, 7) is 8.03. The highest BCUT2D eigenvalue weighted by atomic mass is 32.1. The van der Waals surface area contributed by atoms with E-state index in [2.05, 4.69) is 48.5 Å². The van der Waals surface area contributed by atoms with Crippen LogP contribution in [-0.2, 0) is 4.79 Å². The molecule has 0 aliphatic rings. The van der Waals surface area contributed by atoms with Crippen molar-refractivity contribution >= 4 is 28.3 Å². The molecule has 1 heterocycles. The number of carbonyl (C=O) groups excluding carboxylic acids is 2. The second-order valence-electron chi connectivity index (χ2n) is 6.89. The fourth-order valence-corrected chi connectivity index (χ4v) is 3.63. The average Bonchev–Trinajstić information content (AvgIpc) is 3.10. The molecule has 144 valence electrons. The summed E-state index contributed by atoms with van der Waals surface area (Å²) in [4.78, 5) is 28.8. The smallest absolute Gasteiger partial charge is 0.251 e. The summed E-state index contributed by atoms with van der Waals surface area (Å²) in [5, 5.41) is 7.83. The van der Waals surface area contributed by atoms with Crippen molar-refractivity contribution in [2.75, 3.05) is 11.9 Å². The van der Waals surface area contributed by atoms with Gasteiger partial charge < -0.3 is 10.6 Å². The zero-order valence-corrected chi connectivity index (χ0v) is 17.2. The molecule has 5 nitrogen and oxygen atoms in total. The standard InChI is InChI=1S/C22H23N3O2S/c1-13-6-5-7-17(8-13)21(27)23-11-20(26)25-22-24-19(12-28-22)18-10-15(3)14(2)9-16(18)4/h5-10,12H,11H2,1-4H3,(H,23,27)(H,24,25,26). The molecule has 0 radical (unpaired) electrons. The zero-order chi connectivity index (χ0) is 20.3. The lowest BCUT2D eigenvalue weighted by Crippen LogP contribution is -2.32. The van der Waals surface area contributed by atoms with E-state index in [0.717, 1.165) is 22.4 Å². The van der Waals surface area contributed by atoms with Gasteiger partial charge in [0.15, 0.2) is 5.13 Å². The third-order valence-corrected chi connectivity index (χ3v) is 5.31. The SMILES string of the molecule is Cc1cccc(C(=O)NCC(=O)Nc2nc(-c3cc(C)c(C)cc3C)cs2)c1. The summed E-state index contributed by atoms with van der Waals surface area (Å²) >= 11 is 1.37. The van der Waals surface area contributed by atoms with Gasteiger partial charge in [-0.15, -0.1) is 11.3 Å². The number of rotatable bonds is 5. The van der Waals surface area contributed by atoms with Crippen molar-refractivity contribution in [3.05, 3.63) is 69.6 Å². The van der Waals surface area contributed by atoms with E-state index in [0.29, 0.717) is 10.7 Å². The number of benzene rings is 2. The zero-order valence-electron chi connectivity index (χ0n) is 16.4. The van der Waals surface area contributed by atoms with Crippen LogP contribution in [0.1, 0.15) is 32.6 Å². The van der Waals surface area contributed by atoms with Crippen LogP contribution in [0.25, 0.3) is 11.3 Å². The molecule has 1 aromatic heterocycles. The third kappa shape index (κ3) is 4.64. The third-order valence-electron chi connectivity index (χ3n) is 4.56. The maximum Gasteiger partial charge on any atom is 0.251 e. The molecule has 0 atom stereocenters. The Morgan fingerprint density at radius 2 is 1.75 bits per heavy atom. The number of hydrogen-bond acceptors (Lipinski definition) is 4. The number of anilines is 1. The van der Waals surface area contributed by atoms with Crippen LogP contribution >= 0.6 is 11.3 Å². The van der Waals surface area contributed by atoms with Crippen LogP contribution in [0.15, 0.2) is 41.8 Å². The van der Waals surface area contributed by atoms with Gasteiger partial charge in [-0.3, -0.25) is 9.59 Å². The summed E-state index contributed by atoms with van der Waals surface area (Å²) in [7, 11) is 0. The van der Waals surface area contributed by atoms with Gasteiger partial charge in [0.25, 0.3) is 5.91 Å². The van der Waals surface area contributed by atoms with Crippen LogP contribution in [0.3, 0.4) is 0 Å². The Bertz CT molecular complexity index is 1040. The first-order chi connectivity index (χ1) is 13.3. The quantitative estimate of drug-likeness (QED) is 0.674. The molecular formula is C22H23N3O2S. The number of nitrogens with zero attached hydrogens (tertiary/aromatic N) is 1. The Balaban J connectivity index is 1.61. The predicted molar refractivity (Wildman–Crippen MR) is 114 cm³/mol. The number of aryl methyl sites for hydroxylation is 4. The molecule has 0 saturated heterocycles. The Morgan fingerprint density at radius 1 is 1.00 bits per heavy atom. The van der Waals surface area contributed by atoms with Crippen molar-refractivity contribution in [2.24, 2.45) is 0 Å². The van der Waals surface area contributed by atoms with E-state index < -0.39 is 0 Å². The number of aromatic nitrogens is 1. The number of hydrogen-bond donors (Lipinski definition) is 2. The molecule has 2 amide bonds. The fourth-order valence-electron chi connectivity index (χ4n) is 2.90. The molecule has 0 bridgehead atoms. The topological polar surface area (TPSA) is 71.1 Å². The number of nitrogens with one attached hydrogen (secondary N) is 2. The van der Waals surface area contributed by atoms with Gasteiger partial charge in [-0.25, -0.2) is 4.98 Å². The first kappa shape index (κ1) is 19.8. The maximum atomic E-state index is 12.2. The molecule has 3 rings (SSSR count). The molecule has 28 heavy (non-hydrogen) atoms. The lowest BCUT2D eigenvalue weighted by atomic mass is 9.99. The molecule has 2 aromatic carbocycles. The molecule has 3 aromatic rings. The van der Waals surface area contributed by atoms with E-state index in [1.807, 2.05) is 24.4 Å². The summed E-state index contributed by atoms with van der Waals surface area (Å²) < 4.78 is 0. The minimum Gasteiger partial charge on any atom is -0.343 e. The van der Waals surface area contributed by atoms with Gasteiger partial charge in [-0.2, -0.15) is 0 Å². The maximum absolute atomic E-state index is 12.2. The van der Waals surface area contributed by atoms with Crippen molar-refractivity contribution < 1.29 is 9.59 Å². The van der Waals surface area contributed by atoms with E-state index in [4.69, 9.17) is 0 Å². The number of amides is 2. The van der Waals surface area contributed by atoms with E-state index in [1.54, 1.807) is 12.1 Å². The molecule has 0 saturated carbocycles. The van der Waals surface area contributed by atoms with Crippen LogP contribution in [0, 0.1) is 27.7 Å². The van der Waals surface area contributed by atoms with Crippen molar-refractivity contribution in [3.8, 4) is 11.3 Å². The molecule has 0 fully saturated rings. The summed E-state index contributed by atoms with van der Waals surface area (Å²) in [5.41, 5.74) is 7.03. The van der Waals surface area contributed by atoms with Gasteiger partial charge in [0.1, 0.15) is 0 Å². The lowest BCUT2D eigenvalue weighted by Gasteiger charge is -2.08. The second-order valence-corrected chi connectivity index (χ2v) is 7.75. The first-order valence-electron chi connectivity index (χ1n) is 9.02. The fraction of sp³-hybridized carbons (Fsp3) is 0.227. The van der Waals surface area contributed by atoms with Gasteiger partial charge >= 0.3 is 0 Å². The minimum atomic E-state index is -0.307. The Morgan fingerprint density at radius 3 is 2.50 bits per heavy atom. The van der Waals surface area contributed by atoms with Gasteiger partial charge in [-0.05, 0) is 62.6 Å². The lowest BCUT2D eigenvalue weighted by molar-refractivity contribution is -0.115. The largest absolute Gasteiger partial charge is 0.343 e. The Hall–Kier alpha value is -2.99. The summed E-state index contributed by atoms with van der Waals surface area (Å²) in [6.07, 6.45) is 0. The Kier molecular flexibility index (Phi) is 5.90. The van der Waals surface area contributed by atoms with Gasteiger partial charge in [0, 0.05) is 16.5 Å². The van der Waals surface area contributed by atoms with Gasteiger partial charge in [-0.1, -0.05) is 23.8 Å². The van der Waals surface area contributed by atoms with Crippen LogP contribution in [0.4, 0.5) is 5.13 Å². The van der Waals surface area contributed by atoms with Crippen molar-refractivity contribution in [3.63, 3.8) is 0 Å². The molecule has 6 heteroatoms. The van der Waals surface area contributed by atoms with Crippen molar-refractivity contribution in [1.29, 1.82) is 0 Å². The van der Waals surface area contributed by atoms with Crippen LogP contribution in [0.5, 0.6) is 0 Å². The van der Waals surface area contributed by atoms with E-state index in [9.17, 15) is 9.59 Å². The highest BCUT2D eigenvalue weighted by molar-refractivity contribution is 7.14.